The number of aromatic nitrogens is 1. The van der Waals surface area contributed by atoms with Crippen LogP contribution in [0.3, 0.4) is 0 Å². The number of rotatable bonds is 1. The number of pyridine rings is 1. The first-order valence-electron chi connectivity index (χ1n) is 4.38. The first kappa shape index (κ1) is 9.93. The van der Waals surface area contributed by atoms with Crippen LogP contribution in [-0.2, 0) is 0 Å². The van der Waals surface area contributed by atoms with Crippen molar-refractivity contribution < 1.29 is 9.90 Å². The molecule has 0 radical (unpaired) electrons. The highest BCUT2D eigenvalue weighted by atomic mass is 35.5. The van der Waals surface area contributed by atoms with E-state index in [-0.39, 0.29) is 10.6 Å². The van der Waals surface area contributed by atoms with Crippen LogP contribution in [0.5, 0.6) is 0 Å². The van der Waals surface area contributed by atoms with Crippen LogP contribution in [0.25, 0.3) is 10.9 Å². The van der Waals surface area contributed by atoms with Crippen LogP contribution in [0.1, 0.15) is 15.9 Å². The normalized spacial score (nSPS) is 10.5. The third-order valence-electron chi connectivity index (χ3n) is 2.19. The van der Waals surface area contributed by atoms with Crippen molar-refractivity contribution in [2.24, 2.45) is 0 Å². The maximum atomic E-state index is 10.8. The summed E-state index contributed by atoms with van der Waals surface area (Å²) in [5, 5.41) is 9.77. The molecule has 0 unspecified atom stereocenters. The van der Waals surface area contributed by atoms with E-state index in [9.17, 15) is 4.79 Å². The molecule has 1 aromatic heterocycles. The van der Waals surface area contributed by atoms with E-state index in [1.165, 1.54) is 6.20 Å². The van der Waals surface area contributed by atoms with Crippen molar-refractivity contribution in [1.82, 2.24) is 4.98 Å². The van der Waals surface area contributed by atoms with Crippen molar-refractivity contribution >= 4 is 28.5 Å². The molecular formula is C11H8ClNO2. The van der Waals surface area contributed by atoms with Crippen LogP contribution >= 0.6 is 11.6 Å². The number of carboxylic acids is 1. The van der Waals surface area contributed by atoms with Crippen LogP contribution in [0, 0.1) is 6.92 Å². The van der Waals surface area contributed by atoms with Crippen molar-refractivity contribution in [2.45, 2.75) is 6.92 Å². The molecule has 0 amide bonds. The predicted octanol–water partition coefficient (Wildman–Crippen LogP) is 2.89. The second-order valence-corrected chi connectivity index (χ2v) is 3.69. The standard InChI is InChI=1S/C11H8ClNO2/c1-6-2-3-7-9(4-6)13-5-8(10(7)12)11(14)15/h2-5H,1H3,(H,14,15). The highest BCUT2D eigenvalue weighted by Crippen LogP contribution is 2.26. The SMILES string of the molecule is Cc1ccc2c(Cl)c(C(=O)O)cnc2c1. The van der Waals surface area contributed by atoms with Gasteiger partial charge in [0.05, 0.1) is 16.1 Å². The molecule has 4 heteroatoms. The van der Waals surface area contributed by atoms with Crippen molar-refractivity contribution in [3.05, 3.63) is 40.5 Å². The fourth-order valence-electron chi connectivity index (χ4n) is 1.42. The van der Waals surface area contributed by atoms with Gasteiger partial charge < -0.3 is 5.11 Å². The lowest BCUT2D eigenvalue weighted by molar-refractivity contribution is 0.0697. The Morgan fingerprint density at radius 3 is 2.87 bits per heavy atom. The first-order chi connectivity index (χ1) is 7.09. The van der Waals surface area contributed by atoms with Gasteiger partial charge >= 0.3 is 5.97 Å². The zero-order chi connectivity index (χ0) is 11.0. The fraction of sp³-hybridized carbons (Fsp3) is 0.0909. The minimum Gasteiger partial charge on any atom is -0.478 e. The van der Waals surface area contributed by atoms with E-state index in [2.05, 4.69) is 4.98 Å². The van der Waals surface area contributed by atoms with Crippen LogP contribution < -0.4 is 0 Å². The number of hydrogen-bond acceptors (Lipinski definition) is 2. The largest absolute Gasteiger partial charge is 0.478 e. The molecule has 15 heavy (non-hydrogen) atoms. The van der Waals surface area contributed by atoms with Gasteiger partial charge in [-0.3, -0.25) is 4.98 Å². The van der Waals surface area contributed by atoms with Gasteiger partial charge in [0.2, 0.25) is 0 Å². The van der Waals surface area contributed by atoms with Gasteiger partial charge in [0.15, 0.2) is 0 Å². The molecule has 0 aliphatic heterocycles. The Kier molecular flexibility index (Phi) is 2.32. The summed E-state index contributed by atoms with van der Waals surface area (Å²) in [4.78, 5) is 14.9. The van der Waals surface area contributed by atoms with Crippen molar-refractivity contribution in [3.63, 3.8) is 0 Å². The number of aryl methyl sites for hydroxylation is 1. The minimum atomic E-state index is -1.06. The molecule has 1 aromatic carbocycles. The minimum absolute atomic E-state index is 0.0352. The number of nitrogens with zero attached hydrogens (tertiary/aromatic N) is 1. The molecular weight excluding hydrogens is 214 g/mol. The molecule has 0 fully saturated rings. The zero-order valence-corrected chi connectivity index (χ0v) is 8.75. The zero-order valence-electron chi connectivity index (χ0n) is 7.99. The van der Waals surface area contributed by atoms with E-state index in [0.717, 1.165) is 5.56 Å². The Bertz CT molecular complexity index is 552. The summed E-state index contributed by atoms with van der Waals surface area (Å²) in [5.74, 6) is -1.06. The molecule has 1 heterocycles. The molecule has 0 aliphatic rings. The number of halogens is 1. The Hall–Kier alpha value is -1.61. The van der Waals surface area contributed by atoms with Gasteiger partial charge in [-0.25, -0.2) is 4.79 Å². The summed E-state index contributed by atoms with van der Waals surface area (Å²) >= 11 is 5.97. The summed E-state index contributed by atoms with van der Waals surface area (Å²) in [5.41, 5.74) is 1.81. The number of aromatic carboxylic acids is 1. The average molecular weight is 222 g/mol. The van der Waals surface area contributed by atoms with Crippen LogP contribution in [-0.4, -0.2) is 16.1 Å². The van der Waals surface area contributed by atoms with Crippen LogP contribution in [0.15, 0.2) is 24.4 Å². The molecule has 0 spiro atoms. The number of fused-ring (bicyclic) bond motifs is 1. The van der Waals surface area contributed by atoms with Crippen LogP contribution in [0.4, 0.5) is 0 Å². The molecule has 3 nitrogen and oxygen atoms in total. The molecule has 0 bridgehead atoms. The van der Waals surface area contributed by atoms with Crippen molar-refractivity contribution in [2.75, 3.05) is 0 Å². The average Bonchev–Trinajstić information content (AvgIpc) is 2.17. The monoisotopic (exact) mass is 221 g/mol. The number of carboxylic acid groups (broad SMARTS) is 1. The van der Waals surface area contributed by atoms with Gasteiger partial charge in [-0.05, 0) is 18.6 Å². The maximum Gasteiger partial charge on any atom is 0.338 e. The lowest BCUT2D eigenvalue weighted by Crippen LogP contribution is -1.99. The van der Waals surface area contributed by atoms with E-state index in [1.807, 2.05) is 19.1 Å². The Morgan fingerprint density at radius 2 is 2.20 bits per heavy atom. The third kappa shape index (κ3) is 1.66. The van der Waals surface area contributed by atoms with Gasteiger partial charge in [-0.2, -0.15) is 0 Å². The second kappa shape index (κ2) is 3.51. The number of carbonyl (C=O) groups is 1. The van der Waals surface area contributed by atoms with Gasteiger partial charge in [-0.15, -0.1) is 0 Å². The van der Waals surface area contributed by atoms with E-state index in [1.54, 1.807) is 6.07 Å². The second-order valence-electron chi connectivity index (χ2n) is 3.31. The van der Waals surface area contributed by atoms with E-state index in [4.69, 9.17) is 16.7 Å². The Labute approximate surface area is 91.3 Å². The lowest BCUT2D eigenvalue weighted by Gasteiger charge is -2.03. The third-order valence-corrected chi connectivity index (χ3v) is 2.60. The molecule has 76 valence electrons. The molecule has 2 aromatic rings. The summed E-state index contributed by atoms with van der Waals surface area (Å²) < 4.78 is 0. The summed E-state index contributed by atoms with van der Waals surface area (Å²) in [6, 6.07) is 5.53. The number of hydrogen-bond donors (Lipinski definition) is 1. The number of benzene rings is 1. The first-order valence-corrected chi connectivity index (χ1v) is 4.75. The molecule has 2 rings (SSSR count). The van der Waals surface area contributed by atoms with E-state index < -0.39 is 5.97 Å². The lowest BCUT2D eigenvalue weighted by atomic mass is 10.1. The van der Waals surface area contributed by atoms with Gasteiger partial charge in [0, 0.05) is 11.6 Å². The quantitative estimate of drug-likeness (QED) is 0.806. The highest BCUT2D eigenvalue weighted by Gasteiger charge is 2.12. The Morgan fingerprint density at radius 1 is 1.47 bits per heavy atom. The predicted molar refractivity (Wildman–Crippen MR) is 58.4 cm³/mol. The fourth-order valence-corrected chi connectivity index (χ4v) is 1.71. The topological polar surface area (TPSA) is 50.2 Å². The molecule has 0 aliphatic carbocycles. The summed E-state index contributed by atoms with van der Waals surface area (Å²) in [6.07, 6.45) is 1.28. The smallest absolute Gasteiger partial charge is 0.338 e. The maximum absolute atomic E-state index is 10.8. The van der Waals surface area contributed by atoms with Gasteiger partial charge in [0.1, 0.15) is 0 Å². The van der Waals surface area contributed by atoms with Crippen molar-refractivity contribution in [1.29, 1.82) is 0 Å². The molecule has 1 N–H and O–H groups in total. The van der Waals surface area contributed by atoms with Gasteiger partial charge in [0.25, 0.3) is 0 Å². The van der Waals surface area contributed by atoms with Gasteiger partial charge in [-0.1, -0.05) is 23.7 Å². The molecule has 0 saturated carbocycles. The summed E-state index contributed by atoms with van der Waals surface area (Å²) in [7, 11) is 0. The molecule has 0 saturated heterocycles. The van der Waals surface area contributed by atoms with Crippen molar-refractivity contribution in [3.8, 4) is 0 Å². The molecule has 0 atom stereocenters. The van der Waals surface area contributed by atoms with E-state index in [0.29, 0.717) is 10.9 Å². The van der Waals surface area contributed by atoms with E-state index >= 15 is 0 Å². The van der Waals surface area contributed by atoms with Crippen LogP contribution in [0.2, 0.25) is 5.02 Å². The highest BCUT2D eigenvalue weighted by molar-refractivity contribution is 6.38. The Balaban J connectivity index is 2.80. The summed E-state index contributed by atoms with van der Waals surface area (Å²) in [6.45, 7) is 1.94.